The maximum Gasteiger partial charge on any atom is 0.410 e. The minimum atomic E-state index is -1.71. The number of likely N-dealkylation sites (tertiary alicyclic amines) is 1. The van der Waals surface area contributed by atoms with Gasteiger partial charge in [-0.05, 0) is 108 Å². The predicted molar refractivity (Wildman–Crippen MR) is 293 cm³/mol. The summed E-state index contributed by atoms with van der Waals surface area (Å²) in [5.74, 6) is -4.47. The van der Waals surface area contributed by atoms with Gasteiger partial charge in [-0.1, -0.05) is 116 Å². The molecule has 4 amide bonds. The van der Waals surface area contributed by atoms with Gasteiger partial charge in [0.05, 0.1) is 12.1 Å². The molecule has 0 aliphatic carbocycles. The van der Waals surface area contributed by atoms with E-state index < -0.39 is 108 Å². The summed E-state index contributed by atoms with van der Waals surface area (Å²) < 4.78 is 34.9. The van der Waals surface area contributed by atoms with E-state index in [-0.39, 0.29) is 75.3 Å². The summed E-state index contributed by atoms with van der Waals surface area (Å²) in [7, 11) is 4.33. The summed E-state index contributed by atoms with van der Waals surface area (Å²) in [6, 6.07) is 14.0. The van der Waals surface area contributed by atoms with Gasteiger partial charge in [0.15, 0.2) is 18.7 Å². The van der Waals surface area contributed by atoms with Crippen LogP contribution in [0.4, 0.5) is 4.79 Å². The zero-order chi connectivity index (χ0) is 58.8. The minimum absolute atomic E-state index is 0.0270. The molecule has 0 saturated carbocycles. The summed E-state index contributed by atoms with van der Waals surface area (Å²) in [5, 5.41) is 23.5. The number of aliphatic hydroxyl groups is 2. The number of hydrogen-bond donors (Lipinski definition) is 2. The van der Waals surface area contributed by atoms with Crippen molar-refractivity contribution in [2.45, 2.75) is 208 Å². The third kappa shape index (κ3) is 21.2. The molecule has 19 nitrogen and oxygen atoms in total. The van der Waals surface area contributed by atoms with E-state index in [1.54, 1.807) is 20.8 Å². The molecule has 2 aromatic rings. The predicted octanol–water partition coefficient (Wildman–Crippen LogP) is 7.31. The van der Waals surface area contributed by atoms with Crippen molar-refractivity contribution >= 4 is 41.7 Å². The molecule has 19 heteroatoms. The number of ether oxygens (including phenoxy) is 6. The fourth-order valence-corrected chi connectivity index (χ4v) is 9.18. The van der Waals surface area contributed by atoms with Crippen LogP contribution in [0.15, 0.2) is 60.7 Å². The van der Waals surface area contributed by atoms with Crippen LogP contribution in [0.5, 0.6) is 0 Å². The Morgan fingerprint density at radius 1 is 0.628 bits per heavy atom. The van der Waals surface area contributed by atoms with Crippen molar-refractivity contribution in [3.05, 3.63) is 71.8 Å². The molecule has 1 aliphatic rings. The Morgan fingerprint density at radius 3 is 1.64 bits per heavy atom. The lowest BCUT2D eigenvalue weighted by Crippen LogP contribution is -2.57. The Kier molecular flexibility index (Phi) is 26.7. The number of amides is 4. The summed E-state index contributed by atoms with van der Waals surface area (Å²) in [4.78, 5) is 102. The number of esters is 3. The highest BCUT2D eigenvalue weighted by Crippen LogP contribution is 2.27. The fraction of sp³-hybridized carbons (Fsp3) is 0.678. The molecule has 3 rings (SSSR count). The quantitative estimate of drug-likeness (QED) is 0.0463. The Balaban J connectivity index is 1.78. The lowest BCUT2D eigenvalue weighted by Gasteiger charge is -2.40. The smallest absolute Gasteiger partial charge is 0.410 e. The van der Waals surface area contributed by atoms with Gasteiger partial charge in [-0.25, -0.2) is 19.2 Å². The zero-order valence-electron chi connectivity index (χ0n) is 49.2. The molecule has 1 fully saturated rings. The first-order valence-electron chi connectivity index (χ1n) is 27.5. The third-order valence-corrected chi connectivity index (χ3v) is 13.3. The molecule has 1 heterocycles. The van der Waals surface area contributed by atoms with Gasteiger partial charge in [0.2, 0.25) is 6.10 Å². The molecule has 0 bridgehead atoms. The topological polar surface area (TPSA) is 228 Å². The second-order valence-electron chi connectivity index (χ2n) is 23.3. The molecule has 0 aromatic heterocycles. The van der Waals surface area contributed by atoms with Gasteiger partial charge in [0.25, 0.3) is 17.7 Å². The molecule has 2 aromatic carbocycles. The highest BCUT2D eigenvalue weighted by atomic mass is 16.6. The summed E-state index contributed by atoms with van der Waals surface area (Å²) >= 11 is 0. The van der Waals surface area contributed by atoms with Crippen LogP contribution in [-0.2, 0) is 70.2 Å². The standard InChI is InChI=1S/C59H92N4O15/c1-36(2)30-44(60(14)50(64)41(10)75-54(68)46(32-38(5)6)62(16)58(72)78-59(11,12)13)53(67)74-40(9)51(65)61(15)45(31-37(3)4)55(69)76-48-28-23-29-63(52(48)66)47(33-39(7)8)56(70)77-49(34-42-24-19-17-20-25-42)57(71)73-35-43-26-21-18-22-27-43/h17-22,24-27,36-41,44-49,53,55,67,69H,23,28-35H2,1-16H3/t40?,41?,44-,45?,46-,47-,48?,49?,53?,55?/m0/s1. The van der Waals surface area contributed by atoms with Crippen molar-refractivity contribution < 1.29 is 72.2 Å². The number of benzene rings is 2. The molecule has 0 radical (unpaired) electrons. The molecule has 78 heavy (non-hydrogen) atoms. The van der Waals surface area contributed by atoms with E-state index in [4.69, 9.17) is 28.4 Å². The molecule has 1 saturated heterocycles. The highest BCUT2D eigenvalue weighted by molar-refractivity contribution is 5.89. The first-order chi connectivity index (χ1) is 36.4. The molecule has 10 atom stereocenters. The number of carbonyl (C=O) groups excluding carboxylic acids is 7. The van der Waals surface area contributed by atoms with E-state index in [9.17, 15) is 43.8 Å². The molecule has 2 N–H and O–H groups in total. The fourth-order valence-electron chi connectivity index (χ4n) is 9.18. The van der Waals surface area contributed by atoms with Crippen molar-refractivity contribution in [3.8, 4) is 0 Å². The van der Waals surface area contributed by atoms with Crippen LogP contribution >= 0.6 is 0 Å². The average molecular weight is 1100 g/mol. The maximum atomic E-state index is 14.4. The molecular formula is C59H92N4O15. The number of piperidine rings is 1. The largest absolute Gasteiger partial charge is 0.458 e. The highest BCUT2D eigenvalue weighted by Gasteiger charge is 2.43. The van der Waals surface area contributed by atoms with Gasteiger partial charge in [0.1, 0.15) is 36.5 Å². The lowest BCUT2D eigenvalue weighted by atomic mass is 9.97. The van der Waals surface area contributed by atoms with Crippen LogP contribution in [-0.4, -0.2) is 166 Å². The first kappa shape index (κ1) is 66.6. The van der Waals surface area contributed by atoms with E-state index >= 15 is 0 Å². The number of aliphatic hydroxyl groups excluding tert-OH is 2. The van der Waals surface area contributed by atoms with Crippen LogP contribution in [0.25, 0.3) is 0 Å². The van der Waals surface area contributed by atoms with Crippen LogP contribution in [0.3, 0.4) is 0 Å². The van der Waals surface area contributed by atoms with E-state index in [1.165, 1.54) is 49.7 Å². The second-order valence-corrected chi connectivity index (χ2v) is 23.3. The van der Waals surface area contributed by atoms with E-state index in [0.717, 1.165) is 16.0 Å². The Hall–Kier alpha value is -5.63. The van der Waals surface area contributed by atoms with Crippen molar-refractivity contribution in [2.75, 3.05) is 27.7 Å². The number of nitrogens with zero attached hydrogens (tertiary/aromatic N) is 4. The van der Waals surface area contributed by atoms with Gasteiger partial charge < -0.3 is 53.3 Å². The van der Waals surface area contributed by atoms with Crippen LogP contribution < -0.4 is 0 Å². The van der Waals surface area contributed by atoms with Gasteiger partial charge in [0, 0.05) is 34.1 Å². The van der Waals surface area contributed by atoms with Crippen molar-refractivity contribution in [3.63, 3.8) is 0 Å². The molecular weight excluding hydrogens is 1000 g/mol. The summed E-state index contributed by atoms with van der Waals surface area (Å²) in [6.07, 6.45) is -7.78. The molecule has 7 unspecified atom stereocenters. The Labute approximate surface area is 463 Å². The maximum absolute atomic E-state index is 14.4. The van der Waals surface area contributed by atoms with Crippen LogP contribution in [0, 0.1) is 23.7 Å². The Morgan fingerprint density at radius 2 is 1.13 bits per heavy atom. The average Bonchev–Trinajstić information content (AvgIpc) is 3.37. The van der Waals surface area contributed by atoms with Crippen molar-refractivity contribution in [1.29, 1.82) is 0 Å². The first-order valence-corrected chi connectivity index (χ1v) is 27.5. The molecule has 438 valence electrons. The number of hydrogen-bond acceptors (Lipinski definition) is 15. The summed E-state index contributed by atoms with van der Waals surface area (Å²) in [6.45, 7) is 23.2. The number of rotatable bonds is 29. The third-order valence-electron chi connectivity index (χ3n) is 13.3. The summed E-state index contributed by atoms with van der Waals surface area (Å²) in [5.41, 5.74) is 0.674. The number of likely N-dealkylation sites (N-methyl/N-ethyl adjacent to an activating group) is 3. The van der Waals surface area contributed by atoms with Gasteiger partial charge in [-0.2, -0.15) is 0 Å². The zero-order valence-corrected chi connectivity index (χ0v) is 49.2. The molecule has 1 aliphatic heterocycles. The Bertz CT molecular complexity index is 2220. The van der Waals surface area contributed by atoms with E-state index in [0.29, 0.717) is 6.42 Å². The van der Waals surface area contributed by atoms with Crippen LogP contribution in [0.2, 0.25) is 0 Å². The normalized spacial score (nSPS) is 17.5. The molecule has 0 spiro atoms. The van der Waals surface area contributed by atoms with Gasteiger partial charge >= 0.3 is 24.0 Å². The van der Waals surface area contributed by atoms with Gasteiger partial charge in [-0.3, -0.25) is 19.3 Å². The van der Waals surface area contributed by atoms with E-state index in [2.05, 4.69) is 0 Å². The minimum Gasteiger partial charge on any atom is -0.458 e. The second kappa shape index (κ2) is 31.2. The SMILES string of the molecule is CC(C)CC(C(O)OC1CCCN([C@@H](CC(C)C)C(=O)OC(Cc2ccccc2)C(=O)OCc2ccccc2)C1=O)N(C)C(=O)C(C)OC(O)[C@H](CC(C)C)N(C)C(=O)C(C)OC(=O)[C@H](CC(C)C)N(C)C(=O)OC(C)(C)C. The lowest BCUT2D eigenvalue weighted by molar-refractivity contribution is -0.206. The van der Waals surface area contributed by atoms with Crippen LogP contribution in [0.1, 0.15) is 140 Å². The monoisotopic (exact) mass is 1100 g/mol. The van der Waals surface area contributed by atoms with Crippen molar-refractivity contribution in [2.24, 2.45) is 23.7 Å². The van der Waals surface area contributed by atoms with Crippen molar-refractivity contribution in [1.82, 2.24) is 19.6 Å². The van der Waals surface area contributed by atoms with Gasteiger partial charge in [-0.15, -0.1) is 0 Å². The van der Waals surface area contributed by atoms with E-state index in [1.807, 2.05) is 116 Å². The number of carbonyl (C=O) groups is 7.